The molecule has 0 aliphatic carbocycles. The molecule has 0 fully saturated rings. The third kappa shape index (κ3) is 3.71. The van der Waals surface area contributed by atoms with Crippen LogP contribution < -0.4 is 9.62 Å². The van der Waals surface area contributed by atoms with Crippen molar-refractivity contribution in [1.82, 2.24) is 34.9 Å². The normalized spacial score (nSPS) is 11.8. The molecule has 5 rings (SSSR count). The van der Waals surface area contributed by atoms with Crippen LogP contribution in [0.2, 0.25) is 0 Å². The van der Waals surface area contributed by atoms with Gasteiger partial charge >= 0.3 is 0 Å². The van der Waals surface area contributed by atoms with Crippen molar-refractivity contribution < 1.29 is 8.42 Å². The molecule has 11 nitrogen and oxygen atoms in total. The second-order valence-corrected chi connectivity index (χ2v) is 9.32. The summed E-state index contributed by atoms with van der Waals surface area (Å²) >= 11 is 0. The number of nitrogens with one attached hydrogen (secondary N) is 2. The van der Waals surface area contributed by atoms with Gasteiger partial charge in [-0.15, -0.1) is 5.10 Å². The average Bonchev–Trinajstić information content (AvgIpc) is 3.40. The van der Waals surface area contributed by atoms with Gasteiger partial charge in [-0.05, 0) is 30.3 Å². The van der Waals surface area contributed by atoms with Crippen LogP contribution in [0.1, 0.15) is 5.56 Å². The van der Waals surface area contributed by atoms with Crippen molar-refractivity contribution >= 4 is 49.5 Å². The second-order valence-electron chi connectivity index (χ2n) is 7.30. The Bertz CT molecular complexity index is 1540. The number of rotatable bonds is 6. The lowest BCUT2D eigenvalue weighted by molar-refractivity contribution is 0.599. The molecule has 0 bridgehead atoms. The number of aromatic amines is 1. The Hall–Kier alpha value is -4.06. The van der Waals surface area contributed by atoms with Crippen LogP contribution in [0.3, 0.4) is 0 Å². The van der Waals surface area contributed by atoms with E-state index in [0.717, 1.165) is 33.9 Å². The summed E-state index contributed by atoms with van der Waals surface area (Å²) in [6, 6.07) is 11.2. The summed E-state index contributed by atoms with van der Waals surface area (Å²) in [6.45, 7) is 0.398. The monoisotopic (exact) mass is 449 g/mol. The second kappa shape index (κ2) is 7.57. The molecule has 0 saturated carbocycles. The molecule has 0 aliphatic rings. The summed E-state index contributed by atoms with van der Waals surface area (Å²) in [7, 11) is -1.95. The number of H-pyrrole nitrogens is 1. The molecule has 0 saturated heterocycles. The number of pyridine rings is 1. The molecule has 0 amide bonds. The number of hydrogen-bond donors (Lipinski definition) is 2. The number of benzene rings is 1. The zero-order valence-corrected chi connectivity index (χ0v) is 18.1. The third-order valence-corrected chi connectivity index (χ3v) is 6.25. The maximum Gasteiger partial charge on any atom is 0.233 e. The van der Waals surface area contributed by atoms with Gasteiger partial charge in [-0.1, -0.05) is 11.3 Å². The fourth-order valence-electron chi connectivity index (χ4n) is 3.39. The first-order chi connectivity index (χ1) is 15.4. The van der Waals surface area contributed by atoms with Crippen LogP contribution >= 0.6 is 0 Å². The molecule has 162 valence electrons. The SMILES string of the molecule is CN(c1ncccc1Cn1ccc2cnc(Nc3ccc4nn[nH]c4c3)nc21)S(C)(=O)=O. The van der Waals surface area contributed by atoms with Crippen molar-refractivity contribution in [2.75, 3.05) is 22.9 Å². The van der Waals surface area contributed by atoms with Crippen LogP contribution in [0.5, 0.6) is 0 Å². The first-order valence-corrected chi connectivity index (χ1v) is 11.5. The number of aromatic nitrogens is 7. The molecule has 4 aromatic heterocycles. The highest BCUT2D eigenvalue weighted by molar-refractivity contribution is 7.92. The summed E-state index contributed by atoms with van der Waals surface area (Å²) in [5.41, 5.74) is 3.84. The standard InChI is InChI=1S/C20H19N9O2S/c1-28(32(2,30)31)18-14(4-3-8-21-18)12-29-9-7-13-11-22-20(24-19(13)29)23-15-5-6-16-17(10-15)26-27-25-16/h3-11H,12H2,1-2H3,(H,22,23,24)(H,25,26,27). The summed E-state index contributed by atoms with van der Waals surface area (Å²) < 4.78 is 27.2. The Balaban J connectivity index is 1.47. The molecule has 1 aromatic carbocycles. The summed E-state index contributed by atoms with van der Waals surface area (Å²) in [6.07, 6.45) is 6.36. The summed E-state index contributed by atoms with van der Waals surface area (Å²) in [5, 5.41) is 14.7. The van der Waals surface area contributed by atoms with E-state index in [9.17, 15) is 8.42 Å². The highest BCUT2D eigenvalue weighted by Gasteiger charge is 2.18. The van der Waals surface area contributed by atoms with E-state index >= 15 is 0 Å². The Morgan fingerprint density at radius 3 is 2.91 bits per heavy atom. The molecular weight excluding hydrogens is 430 g/mol. The van der Waals surface area contributed by atoms with Gasteiger partial charge in [-0.3, -0.25) is 9.40 Å². The largest absolute Gasteiger partial charge is 0.328 e. The summed E-state index contributed by atoms with van der Waals surface area (Å²) in [4.78, 5) is 13.3. The zero-order chi connectivity index (χ0) is 22.3. The molecule has 0 aliphatic heterocycles. The Kier molecular flexibility index (Phi) is 4.70. The summed E-state index contributed by atoms with van der Waals surface area (Å²) in [5.74, 6) is 0.815. The van der Waals surface area contributed by atoms with Crippen molar-refractivity contribution in [3.63, 3.8) is 0 Å². The van der Waals surface area contributed by atoms with Crippen LogP contribution in [-0.2, 0) is 16.6 Å². The van der Waals surface area contributed by atoms with Gasteiger partial charge in [0, 0.05) is 42.3 Å². The Morgan fingerprint density at radius 1 is 1.19 bits per heavy atom. The van der Waals surface area contributed by atoms with Gasteiger partial charge in [0.05, 0.1) is 18.3 Å². The lowest BCUT2D eigenvalue weighted by Crippen LogP contribution is -2.27. The van der Waals surface area contributed by atoms with Crippen LogP contribution in [0, 0.1) is 0 Å². The van der Waals surface area contributed by atoms with E-state index in [0.29, 0.717) is 24.0 Å². The van der Waals surface area contributed by atoms with Crippen molar-refractivity contribution in [2.24, 2.45) is 0 Å². The quantitative estimate of drug-likeness (QED) is 0.403. The van der Waals surface area contributed by atoms with Gasteiger partial charge in [0.25, 0.3) is 0 Å². The minimum atomic E-state index is -3.44. The van der Waals surface area contributed by atoms with E-state index in [1.54, 1.807) is 18.5 Å². The molecular formula is C20H19N9O2S. The number of fused-ring (bicyclic) bond motifs is 2. The molecule has 12 heteroatoms. The van der Waals surface area contributed by atoms with E-state index in [-0.39, 0.29) is 0 Å². The minimum Gasteiger partial charge on any atom is -0.328 e. The smallest absolute Gasteiger partial charge is 0.233 e. The molecule has 2 N–H and O–H groups in total. The zero-order valence-electron chi connectivity index (χ0n) is 17.3. The highest BCUT2D eigenvalue weighted by atomic mass is 32.2. The van der Waals surface area contributed by atoms with Crippen LogP contribution in [0.4, 0.5) is 17.5 Å². The lowest BCUT2D eigenvalue weighted by Gasteiger charge is -2.19. The van der Waals surface area contributed by atoms with Gasteiger partial charge in [-0.25, -0.2) is 18.4 Å². The first-order valence-electron chi connectivity index (χ1n) is 9.66. The molecule has 5 aromatic rings. The van der Waals surface area contributed by atoms with Crippen LogP contribution in [0.25, 0.3) is 22.1 Å². The molecule has 4 heterocycles. The van der Waals surface area contributed by atoms with Gasteiger partial charge in [-0.2, -0.15) is 4.98 Å². The fraction of sp³-hybridized carbons (Fsp3) is 0.150. The fourth-order valence-corrected chi connectivity index (χ4v) is 3.87. The molecule has 0 unspecified atom stereocenters. The average molecular weight is 450 g/mol. The van der Waals surface area contributed by atoms with Gasteiger partial charge in [0.2, 0.25) is 16.0 Å². The molecule has 0 atom stereocenters. The number of anilines is 3. The van der Waals surface area contributed by atoms with Crippen molar-refractivity contribution in [3.8, 4) is 0 Å². The highest BCUT2D eigenvalue weighted by Crippen LogP contribution is 2.23. The lowest BCUT2D eigenvalue weighted by atomic mass is 10.2. The third-order valence-electron chi connectivity index (χ3n) is 5.09. The molecule has 32 heavy (non-hydrogen) atoms. The van der Waals surface area contributed by atoms with Crippen molar-refractivity contribution in [2.45, 2.75) is 6.54 Å². The molecule has 0 spiro atoms. The predicted octanol–water partition coefficient (Wildman–Crippen LogP) is 2.29. The van der Waals surface area contributed by atoms with Crippen LogP contribution in [-0.4, -0.2) is 56.7 Å². The number of sulfonamides is 1. The minimum absolute atomic E-state index is 0.380. The van der Waals surface area contributed by atoms with E-state index in [4.69, 9.17) is 0 Å². The van der Waals surface area contributed by atoms with Gasteiger partial charge in [0.15, 0.2) is 0 Å². The van der Waals surface area contributed by atoms with E-state index in [1.807, 2.05) is 41.1 Å². The predicted molar refractivity (Wildman–Crippen MR) is 121 cm³/mol. The van der Waals surface area contributed by atoms with Crippen LogP contribution in [0.15, 0.2) is 55.0 Å². The topological polar surface area (TPSA) is 135 Å². The van der Waals surface area contributed by atoms with Gasteiger partial charge < -0.3 is 9.88 Å². The Labute approximate surface area is 183 Å². The molecule has 0 radical (unpaired) electrons. The first kappa shape index (κ1) is 19.9. The van der Waals surface area contributed by atoms with E-state index < -0.39 is 10.0 Å². The Morgan fingerprint density at radius 2 is 2.06 bits per heavy atom. The number of nitrogens with zero attached hydrogens (tertiary/aromatic N) is 7. The van der Waals surface area contributed by atoms with E-state index in [2.05, 4.69) is 35.7 Å². The van der Waals surface area contributed by atoms with Crippen molar-refractivity contribution in [3.05, 3.63) is 60.6 Å². The maximum atomic E-state index is 12.0. The van der Waals surface area contributed by atoms with E-state index in [1.165, 1.54) is 11.4 Å². The van der Waals surface area contributed by atoms with Crippen molar-refractivity contribution in [1.29, 1.82) is 0 Å². The van der Waals surface area contributed by atoms with Gasteiger partial charge in [0.1, 0.15) is 17.0 Å². The maximum absolute atomic E-state index is 12.0. The number of hydrogen-bond acceptors (Lipinski definition) is 8.